The van der Waals surface area contributed by atoms with Crippen LogP contribution in [0.4, 0.5) is 0 Å². The summed E-state index contributed by atoms with van der Waals surface area (Å²) in [7, 11) is 9.22. The van der Waals surface area contributed by atoms with Crippen molar-refractivity contribution in [2.24, 2.45) is 0 Å². The second-order valence-electron chi connectivity index (χ2n) is 12.7. The highest BCUT2D eigenvalue weighted by Gasteiger charge is 2.26. The molecule has 0 spiro atoms. The molecule has 0 rings (SSSR count). The van der Waals surface area contributed by atoms with Gasteiger partial charge in [0.15, 0.2) is 6.10 Å². The van der Waals surface area contributed by atoms with Crippen LogP contribution in [-0.4, -0.2) is 74.5 Å². The molecule has 1 N–H and O–H groups in total. The maximum absolute atomic E-state index is 10.8. The minimum absolute atomic E-state index is 0. The van der Waals surface area contributed by atoms with Gasteiger partial charge in [-0.15, -0.1) is 0 Å². The van der Waals surface area contributed by atoms with Crippen LogP contribution in [0.3, 0.4) is 0 Å². The Labute approximate surface area is 233 Å². The molecule has 0 amide bonds. The Bertz CT molecular complexity index is 390. The molecule has 0 aliphatic heterocycles. The van der Waals surface area contributed by atoms with Gasteiger partial charge in [0, 0.05) is 0 Å². The van der Waals surface area contributed by atoms with Gasteiger partial charge in [-0.1, -0.05) is 117 Å². The third kappa shape index (κ3) is 27.2. The molecule has 0 unspecified atom stereocenters. The molecule has 0 aromatic rings. The average molecular weight is 565 g/mol. The van der Waals surface area contributed by atoms with Gasteiger partial charge in [-0.3, -0.25) is 0 Å². The van der Waals surface area contributed by atoms with Crippen LogP contribution in [0.1, 0.15) is 142 Å². The highest BCUT2D eigenvalue weighted by molar-refractivity contribution is 4.55. The number of halogens is 1. The zero-order valence-electron chi connectivity index (χ0n) is 25.3. The number of nitrogens with zero attached hydrogens (tertiary/aromatic N) is 2. The fraction of sp³-hybridized carbons (Fsp3) is 1.00. The number of likely N-dealkylation sites (N-methyl/N-ethyl adjacent to an activating group) is 2. The number of quaternary nitrogens is 2. The number of aliphatic hydroxyl groups excluding tert-OH is 1. The van der Waals surface area contributed by atoms with Crippen LogP contribution < -0.4 is 17.0 Å². The summed E-state index contributed by atoms with van der Waals surface area (Å²) in [5.74, 6) is 0. The van der Waals surface area contributed by atoms with E-state index in [0.717, 1.165) is 22.1 Å². The van der Waals surface area contributed by atoms with E-state index in [1.165, 1.54) is 142 Å². The highest BCUT2D eigenvalue weighted by Crippen LogP contribution is 2.14. The van der Waals surface area contributed by atoms with E-state index in [2.05, 4.69) is 42.0 Å². The first-order chi connectivity index (χ1) is 16.2. The standard InChI is InChI=1S/C31H68N2O.BrH/c1-7-9-11-13-15-17-19-21-23-25-27-32(3,4)29-31(34)30-33(5,6)28-26-24-22-20-18-16-14-12-10-8-2;/h31,34H,7-30H2,1-6H3;1H/q+2;/p-1. The van der Waals surface area contributed by atoms with E-state index in [-0.39, 0.29) is 23.1 Å². The van der Waals surface area contributed by atoms with E-state index in [1.807, 2.05) is 0 Å². The SMILES string of the molecule is CCCCCCCCCCCC[N+](C)(C)CC(O)C[N+](C)(C)CCCCCCCCCCCC.[Br-]. The van der Waals surface area contributed by atoms with Crippen molar-refractivity contribution < 1.29 is 31.1 Å². The first-order valence-corrected chi connectivity index (χ1v) is 15.5. The van der Waals surface area contributed by atoms with E-state index in [1.54, 1.807) is 0 Å². The van der Waals surface area contributed by atoms with E-state index < -0.39 is 0 Å². The Balaban J connectivity index is 0. The Hall–Kier alpha value is 0.360. The molecule has 0 bridgehead atoms. The fourth-order valence-electron chi connectivity index (χ4n) is 5.44. The summed E-state index contributed by atoms with van der Waals surface area (Å²) in [5.41, 5.74) is 0. The molecular weight excluding hydrogens is 496 g/mol. The number of unbranched alkanes of at least 4 members (excludes halogenated alkanes) is 18. The fourth-order valence-corrected chi connectivity index (χ4v) is 5.44. The van der Waals surface area contributed by atoms with Gasteiger partial charge >= 0.3 is 0 Å². The van der Waals surface area contributed by atoms with Crippen LogP contribution in [0.25, 0.3) is 0 Å². The van der Waals surface area contributed by atoms with Crippen LogP contribution in [-0.2, 0) is 0 Å². The van der Waals surface area contributed by atoms with E-state index in [0.29, 0.717) is 0 Å². The Morgan fingerprint density at radius 1 is 0.429 bits per heavy atom. The lowest BCUT2D eigenvalue weighted by molar-refractivity contribution is -0.914. The number of hydrogen-bond donors (Lipinski definition) is 1. The molecule has 0 radical (unpaired) electrons. The molecule has 0 saturated carbocycles. The molecule has 0 atom stereocenters. The molecule has 0 aliphatic rings. The van der Waals surface area contributed by atoms with Crippen LogP contribution in [0.2, 0.25) is 0 Å². The van der Waals surface area contributed by atoms with Crippen molar-refractivity contribution in [2.45, 2.75) is 148 Å². The van der Waals surface area contributed by atoms with Crippen molar-refractivity contribution >= 4 is 0 Å². The summed E-state index contributed by atoms with van der Waals surface area (Å²) in [6.45, 7) is 8.74. The molecule has 0 aromatic heterocycles. The number of hydrogen-bond acceptors (Lipinski definition) is 1. The van der Waals surface area contributed by atoms with E-state index >= 15 is 0 Å². The van der Waals surface area contributed by atoms with E-state index in [4.69, 9.17) is 0 Å². The van der Waals surface area contributed by atoms with Gasteiger partial charge < -0.3 is 31.1 Å². The molecular formula is C31H68BrN2O+. The van der Waals surface area contributed by atoms with Gasteiger partial charge in [-0.2, -0.15) is 0 Å². The summed E-state index contributed by atoms with van der Waals surface area (Å²) in [6, 6.07) is 0. The van der Waals surface area contributed by atoms with Crippen molar-refractivity contribution in [1.82, 2.24) is 0 Å². The molecule has 0 heterocycles. The van der Waals surface area contributed by atoms with Crippen molar-refractivity contribution in [3.63, 3.8) is 0 Å². The third-order valence-electron chi connectivity index (χ3n) is 7.64. The normalized spacial score (nSPS) is 12.3. The number of rotatable bonds is 26. The zero-order chi connectivity index (χ0) is 25.5. The first-order valence-electron chi connectivity index (χ1n) is 15.5. The monoisotopic (exact) mass is 563 g/mol. The Morgan fingerprint density at radius 3 is 0.914 bits per heavy atom. The van der Waals surface area contributed by atoms with Crippen molar-refractivity contribution in [3.05, 3.63) is 0 Å². The largest absolute Gasteiger partial charge is 1.00 e. The van der Waals surface area contributed by atoms with Gasteiger partial charge in [0.1, 0.15) is 13.1 Å². The van der Waals surface area contributed by atoms with Crippen molar-refractivity contribution in [1.29, 1.82) is 0 Å². The molecule has 3 nitrogen and oxygen atoms in total. The third-order valence-corrected chi connectivity index (χ3v) is 7.64. The molecule has 214 valence electrons. The van der Waals surface area contributed by atoms with Crippen LogP contribution >= 0.6 is 0 Å². The summed E-state index contributed by atoms with van der Waals surface area (Å²) in [5, 5.41) is 10.8. The van der Waals surface area contributed by atoms with Gasteiger partial charge in [0.05, 0.1) is 41.3 Å². The second kappa shape index (κ2) is 24.7. The van der Waals surface area contributed by atoms with E-state index in [9.17, 15) is 5.11 Å². The Morgan fingerprint density at radius 2 is 0.657 bits per heavy atom. The lowest BCUT2D eigenvalue weighted by atomic mass is 10.1. The molecule has 4 heteroatoms. The number of aliphatic hydroxyl groups is 1. The summed E-state index contributed by atoms with van der Waals surface area (Å²) < 4.78 is 1.91. The quantitative estimate of drug-likeness (QED) is 0.111. The Kier molecular flexibility index (Phi) is 26.5. The summed E-state index contributed by atoms with van der Waals surface area (Å²) in [6.07, 6.45) is 27.7. The maximum Gasteiger partial charge on any atom is 0.152 e. The van der Waals surface area contributed by atoms with Gasteiger partial charge in [0.2, 0.25) is 0 Å². The lowest BCUT2D eigenvalue weighted by Gasteiger charge is -2.36. The summed E-state index contributed by atoms with van der Waals surface area (Å²) >= 11 is 0. The molecule has 35 heavy (non-hydrogen) atoms. The molecule has 0 fully saturated rings. The van der Waals surface area contributed by atoms with Gasteiger partial charge in [0.25, 0.3) is 0 Å². The summed E-state index contributed by atoms with van der Waals surface area (Å²) in [4.78, 5) is 0. The van der Waals surface area contributed by atoms with Crippen molar-refractivity contribution in [3.8, 4) is 0 Å². The predicted octanol–water partition coefficient (Wildman–Crippen LogP) is 5.35. The zero-order valence-corrected chi connectivity index (χ0v) is 26.9. The first kappa shape index (κ1) is 37.5. The van der Waals surface area contributed by atoms with Crippen molar-refractivity contribution in [2.75, 3.05) is 54.4 Å². The lowest BCUT2D eigenvalue weighted by Crippen LogP contribution is -3.00. The van der Waals surface area contributed by atoms with Crippen LogP contribution in [0.15, 0.2) is 0 Å². The molecule has 0 aliphatic carbocycles. The predicted molar refractivity (Wildman–Crippen MR) is 153 cm³/mol. The topological polar surface area (TPSA) is 20.2 Å². The highest BCUT2D eigenvalue weighted by atomic mass is 79.9. The van der Waals surface area contributed by atoms with Gasteiger partial charge in [-0.05, 0) is 25.7 Å². The smallest absolute Gasteiger partial charge is 0.152 e. The maximum atomic E-state index is 10.8. The molecule has 0 aromatic carbocycles. The minimum atomic E-state index is -0.198. The van der Waals surface area contributed by atoms with Crippen LogP contribution in [0.5, 0.6) is 0 Å². The average Bonchev–Trinajstić information content (AvgIpc) is 2.75. The second-order valence-corrected chi connectivity index (χ2v) is 12.7. The van der Waals surface area contributed by atoms with Crippen LogP contribution in [0, 0.1) is 0 Å². The minimum Gasteiger partial charge on any atom is -1.00 e. The molecule has 0 saturated heterocycles. The van der Waals surface area contributed by atoms with Gasteiger partial charge in [-0.25, -0.2) is 0 Å².